The van der Waals surface area contributed by atoms with Gasteiger partial charge in [0.05, 0.1) is 23.5 Å². The first-order valence-electron chi connectivity index (χ1n) is 5.74. The van der Waals surface area contributed by atoms with Gasteiger partial charge in [-0.15, -0.1) is 5.10 Å². The Morgan fingerprint density at radius 3 is 2.85 bits per heavy atom. The van der Waals surface area contributed by atoms with E-state index in [2.05, 4.69) is 25.5 Å². The number of aromatic nitrogens is 4. The number of fused-ring (bicyclic) bond motifs is 1. The first kappa shape index (κ1) is 12.4. The standard InChI is InChI=1S/C13H8ClN5O/c14-11-7-9(8-3-1-2-4-10(8)17-11)12(20)18-13-15-5-6-16-19-13/h1-7H,(H,15,18,19,20). The third kappa shape index (κ3) is 2.41. The summed E-state index contributed by atoms with van der Waals surface area (Å²) in [6, 6.07) is 8.76. The van der Waals surface area contributed by atoms with Gasteiger partial charge in [-0.3, -0.25) is 10.1 Å². The summed E-state index contributed by atoms with van der Waals surface area (Å²) in [7, 11) is 0. The molecule has 3 aromatic rings. The molecular formula is C13H8ClN5O. The smallest absolute Gasteiger partial charge is 0.258 e. The number of carbonyl (C=O) groups excluding carboxylic acids is 1. The van der Waals surface area contributed by atoms with Gasteiger partial charge in [-0.1, -0.05) is 29.8 Å². The number of hydrogen-bond acceptors (Lipinski definition) is 5. The second-order valence-corrected chi connectivity index (χ2v) is 4.32. The van der Waals surface area contributed by atoms with Gasteiger partial charge in [0.2, 0.25) is 5.95 Å². The van der Waals surface area contributed by atoms with E-state index in [0.717, 1.165) is 0 Å². The molecule has 7 heteroatoms. The first-order valence-corrected chi connectivity index (χ1v) is 6.12. The van der Waals surface area contributed by atoms with Crippen LogP contribution in [0.25, 0.3) is 10.9 Å². The van der Waals surface area contributed by atoms with E-state index in [1.807, 2.05) is 12.1 Å². The van der Waals surface area contributed by atoms with E-state index in [1.165, 1.54) is 18.5 Å². The van der Waals surface area contributed by atoms with Gasteiger partial charge in [0, 0.05) is 5.39 Å². The summed E-state index contributed by atoms with van der Waals surface area (Å²) >= 11 is 5.94. The van der Waals surface area contributed by atoms with Crippen LogP contribution in [-0.4, -0.2) is 26.1 Å². The molecule has 1 amide bonds. The molecule has 0 aliphatic rings. The Kier molecular flexibility index (Phi) is 3.22. The van der Waals surface area contributed by atoms with Crippen LogP contribution < -0.4 is 5.32 Å². The summed E-state index contributed by atoms with van der Waals surface area (Å²) in [6.45, 7) is 0. The monoisotopic (exact) mass is 285 g/mol. The highest BCUT2D eigenvalue weighted by molar-refractivity contribution is 6.30. The lowest BCUT2D eigenvalue weighted by atomic mass is 10.1. The Morgan fingerprint density at radius 2 is 2.05 bits per heavy atom. The zero-order chi connectivity index (χ0) is 13.9. The van der Waals surface area contributed by atoms with Gasteiger partial charge in [0.1, 0.15) is 5.15 Å². The molecule has 0 saturated carbocycles. The molecule has 0 atom stereocenters. The summed E-state index contributed by atoms with van der Waals surface area (Å²) in [5.41, 5.74) is 1.06. The van der Waals surface area contributed by atoms with Crippen LogP contribution in [0.15, 0.2) is 42.7 Å². The van der Waals surface area contributed by atoms with Gasteiger partial charge in [0.25, 0.3) is 5.91 Å². The molecule has 0 saturated heterocycles. The molecule has 0 fully saturated rings. The van der Waals surface area contributed by atoms with Crippen LogP contribution in [-0.2, 0) is 0 Å². The molecular weight excluding hydrogens is 278 g/mol. The quantitative estimate of drug-likeness (QED) is 0.731. The van der Waals surface area contributed by atoms with Crippen molar-refractivity contribution in [2.24, 2.45) is 0 Å². The van der Waals surface area contributed by atoms with Gasteiger partial charge < -0.3 is 0 Å². The van der Waals surface area contributed by atoms with Crippen LogP contribution in [0, 0.1) is 0 Å². The van der Waals surface area contributed by atoms with Gasteiger partial charge in [-0.2, -0.15) is 5.10 Å². The number of hydrogen-bond donors (Lipinski definition) is 1. The number of nitrogens with zero attached hydrogens (tertiary/aromatic N) is 4. The number of anilines is 1. The second kappa shape index (κ2) is 5.18. The SMILES string of the molecule is O=C(Nc1nccnn1)c1cc(Cl)nc2ccccc12. The van der Waals surface area contributed by atoms with E-state index in [9.17, 15) is 4.79 Å². The number of carbonyl (C=O) groups is 1. The number of benzene rings is 1. The summed E-state index contributed by atoms with van der Waals surface area (Å²) in [5, 5.41) is 10.9. The highest BCUT2D eigenvalue weighted by atomic mass is 35.5. The van der Waals surface area contributed by atoms with Gasteiger partial charge >= 0.3 is 0 Å². The Balaban J connectivity index is 2.03. The fraction of sp³-hybridized carbons (Fsp3) is 0. The van der Waals surface area contributed by atoms with Crippen LogP contribution in [0.4, 0.5) is 5.95 Å². The largest absolute Gasteiger partial charge is 0.289 e. The number of halogens is 1. The van der Waals surface area contributed by atoms with Crippen molar-refractivity contribution in [3.63, 3.8) is 0 Å². The Bertz CT molecular complexity index is 778. The number of para-hydroxylation sites is 1. The molecule has 2 heterocycles. The second-order valence-electron chi connectivity index (χ2n) is 3.93. The van der Waals surface area contributed by atoms with Crippen LogP contribution in [0.5, 0.6) is 0 Å². The Morgan fingerprint density at radius 1 is 1.20 bits per heavy atom. The molecule has 0 bridgehead atoms. The van der Waals surface area contributed by atoms with Crippen molar-refractivity contribution in [2.75, 3.05) is 5.32 Å². The number of nitrogens with one attached hydrogen (secondary N) is 1. The molecule has 0 aliphatic carbocycles. The molecule has 0 aliphatic heterocycles. The van der Waals surface area contributed by atoms with Gasteiger partial charge in [-0.25, -0.2) is 9.97 Å². The maximum Gasteiger partial charge on any atom is 0.258 e. The molecule has 0 radical (unpaired) electrons. The summed E-state index contributed by atoms with van der Waals surface area (Å²) in [5.74, 6) is -0.229. The van der Waals surface area contributed by atoms with Crippen LogP contribution in [0.1, 0.15) is 10.4 Å². The lowest BCUT2D eigenvalue weighted by molar-refractivity contribution is 0.102. The van der Waals surface area contributed by atoms with Crippen molar-refractivity contribution in [3.8, 4) is 0 Å². The van der Waals surface area contributed by atoms with Crippen molar-refractivity contribution >= 4 is 34.4 Å². The molecule has 1 N–H and O–H groups in total. The van der Waals surface area contributed by atoms with Crippen LogP contribution >= 0.6 is 11.6 Å². The van der Waals surface area contributed by atoms with E-state index in [1.54, 1.807) is 12.1 Å². The maximum atomic E-state index is 12.3. The molecule has 0 unspecified atom stereocenters. The van der Waals surface area contributed by atoms with E-state index in [0.29, 0.717) is 16.5 Å². The topological polar surface area (TPSA) is 80.7 Å². The van der Waals surface area contributed by atoms with Crippen molar-refractivity contribution in [3.05, 3.63) is 53.4 Å². The normalized spacial score (nSPS) is 10.4. The summed E-state index contributed by atoms with van der Waals surface area (Å²) in [4.78, 5) is 20.3. The molecule has 1 aromatic carbocycles. The zero-order valence-electron chi connectivity index (χ0n) is 10.1. The molecule has 2 aromatic heterocycles. The minimum Gasteiger partial charge on any atom is -0.289 e. The van der Waals surface area contributed by atoms with Gasteiger partial charge in [-0.05, 0) is 12.1 Å². The van der Waals surface area contributed by atoms with Gasteiger partial charge in [0.15, 0.2) is 0 Å². The van der Waals surface area contributed by atoms with Crippen molar-refractivity contribution in [1.82, 2.24) is 20.2 Å². The lowest BCUT2D eigenvalue weighted by Crippen LogP contribution is -2.15. The van der Waals surface area contributed by atoms with E-state index >= 15 is 0 Å². The predicted molar refractivity (Wildman–Crippen MR) is 74.5 cm³/mol. The van der Waals surface area contributed by atoms with Crippen LogP contribution in [0.2, 0.25) is 5.15 Å². The fourth-order valence-corrected chi connectivity index (χ4v) is 2.00. The van der Waals surface area contributed by atoms with E-state index in [-0.39, 0.29) is 17.0 Å². The third-order valence-corrected chi connectivity index (χ3v) is 2.83. The molecule has 98 valence electrons. The first-order chi connectivity index (χ1) is 9.74. The average Bonchev–Trinajstić information content (AvgIpc) is 2.47. The van der Waals surface area contributed by atoms with E-state index in [4.69, 9.17) is 11.6 Å². The predicted octanol–water partition coefficient (Wildman–Crippen LogP) is 2.33. The third-order valence-electron chi connectivity index (χ3n) is 2.64. The number of rotatable bonds is 2. The lowest BCUT2D eigenvalue weighted by Gasteiger charge is -2.06. The van der Waals surface area contributed by atoms with E-state index < -0.39 is 0 Å². The van der Waals surface area contributed by atoms with Crippen molar-refractivity contribution < 1.29 is 4.79 Å². The molecule has 20 heavy (non-hydrogen) atoms. The highest BCUT2D eigenvalue weighted by Crippen LogP contribution is 2.21. The number of pyridine rings is 1. The maximum absolute atomic E-state index is 12.3. The minimum atomic E-state index is -0.362. The molecule has 0 spiro atoms. The zero-order valence-corrected chi connectivity index (χ0v) is 10.9. The summed E-state index contributed by atoms with van der Waals surface area (Å²) < 4.78 is 0. The molecule has 6 nitrogen and oxygen atoms in total. The Hall–Kier alpha value is -2.60. The average molecular weight is 286 g/mol. The molecule has 3 rings (SSSR count). The Labute approximate surface area is 118 Å². The van der Waals surface area contributed by atoms with Crippen molar-refractivity contribution in [2.45, 2.75) is 0 Å². The number of amides is 1. The summed E-state index contributed by atoms with van der Waals surface area (Å²) in [6.07, 6.45) is 2.87. The minimum absolute atomic E-state index is 0.134. The highest BCUT2D eigenvalue weighted by Gasteiger charge is 2.13. The fourth-order valence-electron chi connectivity index (χ4n) is 1.80. The van der Waals surface area contributed by atoms with Crippen molar-refractivity contribution in [1.29, 1.82) is 0 Å². The van der Waals surface area contributed by atoms with Crippen LogP contribution in [0.3, 0.4) is 0 Å².